The first kappa shape index (κ1) is 14.9. The third-order valence-corrected chi connectivity index (χ3v) is 2.81. The number of hydrogen-bond donors (Lipinski definition) is 1. The second kappa shape index (κ2) is 8.86. The molecule has 1 atom stereocenters. The molecule has 1 rings (SSSR count). The number of ether oxygens (including phenoxy) is 1. The molecule has 0 saturated carbocycles. The van der Waals surface area contributed by atoms with Crippen LogP contribution in [0.3, 0.4) is 0 Å². The molecule has 0 aliphatic rings. The molecule has 4 heteroatoms. The van der Waals surface area contributed by atoms with E-state index >= 15 is 0 Å². The van der Waals surface area contributed by atoms with Crippen molar-refractivity contribution in [3.8, 4) is 5.88 Å². The molecule has 1 unspecified atom stereocenters. The summed E-state index contributed by atoms with van der Waals surface area (Å²) >= 11 is 0. The molecule has 4 nitrogen and oxygen atoms in total. The standard InChI is InChI=1S/C14H25N3O/c1-4-5-6-7-8-12(2)18-14-11-16-10-13(17-14)9-15-3/h10-12,15H,4-9H2,1-3H3. The van der Waals surface area contributed by atoms with Crippen molar-refractivity contribution in [3.05, 3.63) is 18.1 Å². The summed E-state index contributed by atoms with van der Waals surface area (Å²) < 4.78 is 5.78. The number of nitrogens with zero attached hydrogens (tertiary/aromatic N) is 2. The molecule has 0 aromatic carbocycles. The maximum Gasteiger partial charge on any atom is 0.232 e. The summed E-state index contributed by atoms with van der Waals surface area (Å²) in [5, 5.41) is 3.05. The lowest BCUT2D eigenvalue weighted by Gasteiger charge is -2.13. The third-order valence-electron chi connectivity index (χ3n) is 2.81. The highest BCUT2D eigenvalue weighted by Crippen LogP contribution is 2.12. The molecular formula is C14H25N3O. The van der Waals surface area contributed by atoms with Crippen LogP contribution in [0.5, 0.6) is 5.88 Å². The lowest BCUT2D eigenvalue weighted by atomic mass is 10.1. The van der Waals surface area contributed by atoms with Gasteiger partial charge in [0.1, 0.15) is 0 Å². The Bertz CT molecular complexity index is 331. The van der Waals surface area contributed by atoms with E-state index in [0.717, 1.165) is 18.7 Å². The van der Waals surface area contributed by atoms with Crippen molar-refractivity contribution in [2.75, 3.05) is 7.05 Å². The van der Waals surface area contributed by atoms with Gasteiger partial charge in [0.2, 0.25) is 5.88 Å². The quantitative estimate of drug-likeness (QED) is 0.685. The molecule has 0 aliphatic carbocycles. The molecular weight excluding hydrogens is 226 g/mol. The molecule has 0 fully saturated rings. The summed E-state index contributed by atoms with van der Waals surface area (Å²) in [5.41, 5.74) is 0.910. The molecule has 0 saturated heterocycles. The van der Waals surface area contributed by atoms with Crippen molar-refractivity contribution in [3.63, 3.8) is 0 Å². The Morgan fingerprint density at radius 2 is 2.11 bits per heavy atom. The highest BCUT2D eigenvalue weighted by atomic mass is 16.5. The number of rotatable bonds is 9. The van der Waals surface area contributed by atoms with Crippen LogP contribution in [0.2, 0.25) is 0 Å². The predicted octanol–water partition coefficient (Wildman–Crippen LogP) is 2.93. The molecule has 0 bridgehead atoms. The number of unbranched alkanes of at least 4 members (excludes halogenated alkanes) is 3. The van der Waals surface area contributed by atoms with Crippen LogP contribution in [-0.2, 0) is 6.54 Å². The van der Waals surface area contributed by atoms with Crippen LogP contribution in [0.1, 0.15) is 51.6 Å². The van der Waals surface area contributed by atoms with Crippen molar-refractivity contribution in [2.45, 2.75) is 58.6 Å². The van der Waals surface area contributed by atoms with E-state index in [2.05, 4.69) is 29.1 Å². The van der Waals surface area contributed by atoms with Crippen molar-refractivity contribution in [1.29, 1.82) is 0 Å². The van der Waals surface area contributed by atoms with Crippen molar-refractivity contribution >= 4 is 0 Å². The maximum absolute atomic E-state index is 5.78. The smallest absolute Gasteiger partial charge is 0.232 e. The van der Waals surface area contributed by atoms with Crippen LogP contribution in [-0.4, -0.2) is 23.1 Å². The Morgan fingerprint density at radius 1 is 1.28 bits per heavy atom. The minimum atomic E-state index is 0.209. The fraction of sp³-hybridized carbons (Fsp3) is 0.714. The van der Waals surface area contributed by atoms with Crippen LogP contribution < -0.4 is 10.1 Å². The summed E-state index contributed by atoms with van der Waals surface area (Å²) in [5.74, 6) is 0.630. The van der Waals surface area contributed by atoms with Gasteiger partial charge in [-0.1, -0.05) is 26.2 Å². The van der Waals surface area contributed by atoms with Gasteiger partial charge < -0.3 is 10.1 Å². The molecule has 18 heavy (non-hydrogen) atoms. The van der Waals surface area contributed by atoms with E-state index in [1.807, 2.05) is 7.05 Å². The SMILES string of the molecule is CCCCCCC(C)Oc1cncc(CNC)n1. The number of hydrogen-bond acceptors (Lipinski definition) is 4. The van der Waals surface area contributed by atoms with E-state index in [1.54, 1.807) is 12.4 Å². The average Bonchev–Trinajstić information content (AvgIpc) is 2.35. The maximum atomic E-state index is 5.78. The van der Waals surface area contributed by atoms with Gasteiger partial charge in [0.25, 0.3) is 0 Å². The fourth-order valence-corrected chi connectivity index (χ4v) is 1.83. The highest BCUT2D eigenvalue weighted by Gasteiger charge is 2.06. The van der Waals surface area contributed by atoms with Gasteiger partial charge in [-0.15, -0.1) is 0 Å². The monoisotopic (exact) mass is 251 g/mol. The molecule has 1 heterocycles. The summed E-state index contributed by atoms with van der Waals surface area (Å²) in [6.07, 6.45) is 9.82. The van der Waals surface area contributed by atoms with Crippen LogP contribution >= 0.6 is 0 Å². The molecule has 0 spiro atoms. The molecule has 1 N–H and O–H groups in total. The summed E-state index contributed by atoms with van der Waals surface area (Å²) in [4.78, 5) is 8.54. The molecule has 1 aromatic rings. The van der Waals surface area contributed by atoms with E-state index in [-0.39, 0.29) is 6.10 Å². The zero-order valence-corrected chi connectivity index (χ0v) is 11.8. The normalized spacial score (nSPS) is 12.4. The largest absolute Gasteiger partial charge is 0.474 e. The Morgan fingerprint density at radius 3 is 2.83 bits per heavy atom. The molecule has 102 valence electrons. The third kappa shape index (κ3) is 5.96. The van der Waals surface area contributed by atoms with Gasteiger partial charge in [-0.2, -0.15) is 0 Å². The fourth-order valence-electron chi connectivity index (χ4n) is 1.83. The van der Waals surface area contributed by atoms with Crippen molar-refractivity contribution in [1.82, 2.24) is 15.3 Å². The van der Waals surface area contributed by atoms with Gasteiger partial charge in [0.05, 0.1) is 18.0 Å². The minimum Gasteiger partial charge on any atom is -0.474 e. The van der Waals surface area contributed by atoms with E-state index in [9.17, 15) is 0 Å². The number of aromatic nitrogens is 2. The van der Waals surface area contributed by atoms with Gasteiger partial charge in [-0.25, -0.2) is 4.98 Å². The molecule has 0 aliphatic heterocycles. The van der Waals surface area contributed by atoms with Gasteiger partial charge in [-0.3, -0.25) is 4.98 Å². The Labute approximate surface area is 110 Å². The number of nitrogens with one attached hydrogen (secondary N) is 1. The lowest BCUT2D eigenvalue weighted by molar-refractivity contribution is 0.196. The Balaban J connectivity index is 2.34. The average molecular weight is 251 g/mol. The van der Waals surface area contributed by atoms with Gasteiger partial charge in [0, 0.05) is 12.7 Å². The van der Waals surface area contributed by atoms with E-state index in [4.69, 9.17) is 4.74 Å². The van der Waals surface area contributed by atoms with Gasteiger partial charge in [-0.05, 0) is 26.8 Å². The molecule has 0 radical (unpaired) electrons. The molecule has 0 amide bonds. The topological polar surface area (TPSA) is 47.0 Å². The second-order valence-electron chi connectivity index (χ2n) is 4.66. The van der Waals surface area contributed by atoms with Crippen LogP contribution in [0.25, 0.3) is 0 Å². The Kier molecular flexibility index (Phi) is 7.34. The summed E-state index contributed by atoms with van der Waals surface area (Å²) in [6.45, 7) is 5.04. The van der Waals surface area contributed by atoms with Crippen molar-refractivity contribution in [2.24, 2.45) is 0 Å². The first-order valence-electron chi connectivity index (χ1n) is 6.88. The van der Waals surface area contributed by atoms with Gasteiger partial charge in [0.15, 0.2) is 0 Å². The summed E-state index contributed by atoms with van der Waals surface area (Å²) in [7, 11) is 1.89. The summed E-state index contributed by atoms with van der Waals surface area (Å²) in [6, 6.07) is 0. The predicted molar refractivity (Wildman–Crippen MR) is 73.6 cm³/mol. The first-order valence-corrected chi connectivity index (χ1v) is 6.88. The lowest BCUT2D eigenvalue weighted by Crippen LogP contribution is -2.14. The minimum absolute atomic E-state index is 0.209. The first-order chi connectivity index (χ1) is 8.76. The highest BCUT2D eigenvalue weighted by molar-refractivity contribution is 5.08. The zero-order valence-electron chi connectivity index (χ0n) is 11.8. The van der Waals surface area contributed by atoms with Gasteiger partial charge >= 0.3 is 0 Å². The van der Waals surface area contributed by atoms with Crippen LogP contribution in [0, 0.1) is 0 Å². The zero-order chi connectivity index (χ0) is 13.2. The van der Waals surface area contributed by atoms with Crippen molar-refractivity contribution < 1.29 is 4.74 Å². The second-order valence-corrected chi connectivity index (χ2v) is 4.66. The Hall–Kier alpha value is -1.16. The van der Waals surface area contributed by atoms with Crippen LogP contribution in [0.4, 0.5) is 0 Å². The van der Waals surface area contributed by atoms with E-state index < -0.39 is 0 Å². The molecule has 1 aromatic heterocycles. The van der Waals surface area contributed by atoms with E-state index in [1.165, 1.54) is 25.7 Å². The van der Waals surface area contributed by atoms with E-state index in [0.29, 0.717) is 5.88 Å². The van der Waals surface area contributed by atoms with Crippen LogP contribution in [0.15, 0.2) is 12.4 Å².